The Morgan fingerprint density at radius 1 is 1.25 bits per heavy atom. The smallest absolute Gasteiger partial charge is 0.272 e. The Labute approximate surface area is 169 Å². The number of hydrogen-bond donors (Lipinski definition) is 2. The Morgan fingerprint density at radius 2 is 2.07 bits per heavy atom. The number of halogens is 1. The Hall–Kier alpha value is -2.31. The minimum Gasteiger partial charge on any atom is -0.361 e. The molecule has 4 rings (SSSR count). The van der Waals surface area contributed by atoms with Crippen molar-refractivity contribution in [3.63, 3.8) is 0 Å². The number of nitrogens with one attached hydrogen (secondary N) is 2. The minimum absolute atomic E-state index is 0.0481. The molecule has 0 spiro atoms. The molecule has 7 heteroatoms. The highest BCUT2D eigenvalue weighted by atomic mass is 35.5. The number of aromatic nitrogens is 3. The quantitative estimate of drug-likeness (QED) is 0.629. The molecule has 3 aromatic rings. The molecular formula is C21H26ClN5O. The topological polar surface area (TPSA) is 68.0 Å². The van der Waals surface area contributed by atoms with E-state index >= 15 is 0 Å². The number of benzene rings is 1. The van der Waals surface area contributed by atoms with Gasteiger partial charge < -0.3 is 14.8 Å². The first-order valence-corrected chi connectivity index (χ1v) is 10.1. The number of rotatable bonds is 7. The monoisotopic (exact) mass is 399 g/mol. The van der Waals surface area contributed by atoms with Gasteiger partial charge in [-0.25, -0.2) is 0 Å². The van der Waals surface area contributed by atoms with Crippen LogP contribution in [-0.2, 0) is 13.1 Å². The second-order valence-corrected chi connectivity index (χ2v) is 8.37. The average Bonchev–Trinajstić information content (AvgIpc) is 3.23. The van der Waals surface area contributed by atoms with Gasteiger partial charge in [0.25, 0.3) is 5.91 Å². The summed E-state index contributed by atoms with van der Waals surface area (Å²) in [5.41, 5.74) is 3.96. The van der Waals surface area contributed by atoms with E-state index in [1.807, 2.05) is 11.0 Å². The summed E-state index contributed by atoms with van der Waals surface area (Å²) in [6.45, 7) is 2.19. The number of nitrogens with zero attached hydrogens (tertiary/aromatic N) is 3. The zero-order valence-electron chi connectivity index (χ0n) is 16.3. The van der Waals surface area contributed by atoms with Crippen LogP contribution in [0, 0.1) is 5.92 Å². The lowest BCUT2D eigenvalue weighted by Gasteiger charge is -2.32. The molecule has 0 saturated heterocycles. The van der Waals surface area contributed by atoms with Crippen molar-refractivity contribution < 1.29 is 4.79 Å². The van der Waals surface area contributed by atoms with Crippen LogP contribution in [0.3, 0.4) is 0 Å². The van der Waals surface area contributed by atoms with Gasteiger partial charge >= 0.3 is 0 Å². The average molecular weight is 400 g/mol. The molecular weight excluding hydrogens is 374 g/mol. The van der Waals surface area contributed by atoms with E-state index in [9.17, 15) is 4.79 Å². The largest absolute Gasteiger partial charge is 0.361 e. The fourth-order valence-electron chi connectivity index (χ4n) is 3.92. The van der Waals surface area contributed by atoms with Gasteiger partial charge in [-0.15, -0.1) is 0 Å². The molecule has 1 amide bonds. The van der Waals surface area contributed by atoms with Crippen LogP contribution >= 0.6 is 11.6 Å². The van der Waals surface area contributed by atoms with E-state index < -0.39 is 0 Å². The third-order valence-corrected chi connectivity index (χ3v) is 5.68. The maximum atomic E-state index is 13.2. The second kappa shape index (κ2) is 7.97. The van der Waals surface area contributed by atoms with E-state index in [2.05, 4.69) is 52.5 Å². The van der Waals surface area contributed by atoms with Gasteiger partial charge in [-0.1, -0.05) is 30.2 Å². The highest BCUT2D eigenvalue weighted by molar-refractivity contribution is 6.29. The lowest BCUT2D eigenvalue weighted by atomic mass is 9.85. The molecule has 0 aliphatic heterocycles. The van der Waals surface area contributed by atoms with Crippen molar-refractivity contribution in [1.82, 2.24) is 25.0 Å². The number of hydrogen-bond acceptors (Lipinski definition) is 3. The van der Waals surface area contributed by atoms with Gasteiger partial charge in [0, 0.05) is 42.8 Å². The Morgan fingerprint density at radius 3 is 2.71 bits per heavy atom. The molecule has 1 aliphatic rings. The lowest BCUT2D eigenvalue weighted by Crippen LogP contribution is -2.37. The predicted molar refractivity (Wildman–Crippen MR) is 111 cm³/mol. The maximum absolute atomic E-state index is 13.2. The molecule has 148 valence electrons. The molecule has 0 unspecified atom stereocenters. The number of fused-ring (bicyclic) bond motifs is 1. The molecule has 1 fully saturated rings. The van der Waals surface area contributed by atoms with Crippen LogP contribution in [0.4, 0.5) is 0 Å². The van der Waals surface area contributed by atoms with Crippen molar-refractivity contribution in [3.8, 4) is 0 Å². The molecule has 6 nitrogen and oxygen atoms in total. The number of amides is 1. The highest BCUT2D eigenvalue weighted by Crippen LogP contribution is 2.30. The van der Waals surface area contributed by atoms with E-state index in [1.54, 1.807) is 6.07 Å². The van der Waals surface area contributed by atoms with Crippen LogP contribution in [0.1, 0.15) is 40.9 Å². The fourth-order valence-corrected chi connectivity index (χ4v) is 4.07. The summed E-state index contributed by atoms with van der Waals surface area (Å²) in [5, 5.41) is 8.20. The number of carbonyl (C=O) groups is 1. The summed E-state index contributed by atoms with van der Waals surface area (Å²) < 4.78 is 0. The number of H-pyrrole nitrogens is 2. The molecule has 1 aromatic carbocycles. The van der Waals surface area contributed by atoms with E-state index in [0.29, 0.717) is 23.3 Å². The zero-order valence-corrected chi connectivity index (χ0v) is 17.1. The molecule has 1 aliphatic carbocycles. The van der Waals surface area contributed by atoms with Gasteiger partial charge in [-0.05, 0) is 50.0 Å². The van der Waals surface area contributed by atoms with E-state index in [4.69, 9.17) is 11.6 Å². The fraction of sp³-hybridized carbons (Fsp3) is 0.429. The van der Waals surface area contributed by atoms with Gasteiger partial charge in [-0.3, -0.25) is 9.89 Å². The first-order chi connectivity index (χ1) is 13.5. The number of aromatic amines is 2. The highest BCUT2D eigenvalue weighted by Gasteiger charge is 2.26. The summed E-state index contributed by atoms with van der Waals surface area (Å²) in [6.07, 6.45) is 5.70. The third kappa shape index (κ3) is 3.93. The first-order valence-electron chi connectivity index (χ1n) is 9.74. The SMILES string of the molecule is CN(C)Cc1c[nH]c2cccc(CN(CC3CCC3)C(=O)c3cc(Cl)n[nH]3)c12. The van der Waals surface area contributed by atoms with E-state index in [1.165, 1.54) is 30.2 Å². The number of carbonyl (C=O) groups excluding carboxylic acids is 1. The van der Waals surface area contributed by atoms with Crippen LogP contribution in [0.5, 0.6) is 0 Å². The lowest BCUT2D eigenvalue weighted by molar-refractivity contribution is 0.0674. The van der Waals surface area contributed by atoms with Crippen molar-refractivity contribution in [2.45, 2.75) is 32.4 Å². The maximum Gasteiger partial charge on any atom is 0.272 e. The van der Waals surface area contributed by atoms with E-state index in [0.717, 1.165) is 24.2 Å². The molecule has 1 saturated carbocycles. The zero-order chi connectivity index (χ0) is 19.7. The van der Waals surface area contributed by atoms with Crippen molar-refractivity contribution in [2.24, 2.45) is 5.92 Å². The van der Waals surface area contributed by atoms with Crippen LogP contribution in [0.25, 0.3) is 10.9 Å². The summed E-state index contributed by atoms with van der Waals surface area (Å²) in [7, 11) is 4.13. The van der Waals surface area contributed by atoms with Crippen LogP contribution < -0.4 is 0 Å². The van der Waals surface area contributed by atoms with Gasteiger partial charge in [0.05, 0.1) is 0 Å². The van der Waals surface area contributed by atoms with Gasteiger partial charge in [0.1, 0.15) is 5.69 Å². The molecule has 2 heterocycles. The van der Waals surface area contributed by atoms with Crippen molar-refractivity contribution >= 4 is 28.4 Å². The third-order valence-electron chi connectivity index (χ3n) is 5.49. The molecule has 2 N–H and O–H groups in total. The van der Waals surface area contributed by atoms with Gasteiger partial charge in [0.15, 0.2) is 5.15 Å². The van der Waals surface area contributed by atoms with Gasteiger partial charge in [0.2, 0.25) is 0 Å². The molecule has 2 aromatic heterocycles. The minimum atomic E-state index is -0.0481. The summed E-state index contributed by atoms with van der Waals surface area (Å²) in [4.78, 5) is 20.6. The van der Waals surface area contributed by atoms with Gasteiger partial charge in [-0.2, -0.15) is 5.10 Å². The van der Waals surface area contributed by atoms with E-state index in [-0.39, 0.29) is 5.91 Å². The Balaban J connectivity index is 1.66. The summed E-state index contributed by atoms with van der Waals surface area (Å²) in [6, 6.07) is 7.86. The molecule has 0 atom stereocenters. The summed E-state index contributed by atoms with van der Waals surface area (Å²) >= 11 is 5.92. The second-order valence-electron chi connectivity index (χ2n) is 7.98. The van der Waals surface area contributed by atoms with Crippen molar-refractivity contribution in [1.29, 1.82) is 0 Å². The normalized spacial score (nSPS) is 14.6. The standard InChI is InChI=1S/C21H26ClN5O/c1-26(2)12-16-10-23-17-8-4-7-15(20(16)17)13-27(11-14-5-3-6-14)21(28)18-9-19(22)25-24-18/h4,7-10,14,23H,3,5-6,11-13H2,1-2H3,(H,24,25). The Bertz CT molecular complexity index is 972. The van der Waals surface area contributed by atoms with Crippen LogP contribution in [0.2, 0.25) is 5.15 Å². The molecule has 0 radical (unpaired) electrons. The molecule has 28 heavy (non-hydrogen) atoms. The Kier molecular flexibility index (Phi) is 5.42. The van der Waals surface area contributed by atoms with Crippen molar-refractivity contribution in [2.75, 3.05) is 20.6 Å². The van der Waals surface area contributed by atoms with Crippen LogP contribution in [-0.4, -0.2) is 51.5 Å². The predicted octanol–water partition coefficient (Wildman–Crippen LogP) is 4.05. The summed E-state index contributed by atoms with van der Waals surface area (Å²) in [5.74, 6) is 0.530. The first kappa shape index (κ1) is 19.0. The van der Waals surface area contributed by atoms with Crippen molar-refractivity contribution in [3.05, 3.63) is 52.4 Å². The molecule has 0 bridgehead atoms. The van der Waals surface area contributed by atoms with Crippen LogP contribution in [0.15, 0.2) is 30.5 Å².